The molecule has 2 N–H and O–H groups in total. The molecular weight excluding hydrogens is 356 g/mol. The normalized spacial score (nSPS) is 23.5. The Morgan fingerprint density at radius 2 is 1.96 bits per heavy atom. The van der Waals surface area contributed by atoms with Crippen molar-refractivity contribution < 1.29 is 18.7 Å². The van der Waals surface area contributed by atoms with Crippen LogP contribution in [0.4, 0.5) is 0 Å². The van der Waals surface area contributed by atoms with Gasteiger partial charge in [-0.05, 0) is 67.5 Å². The molecule has 6 heteroatoms. The SMILES string of the molecule is COc1ccc(C(=O)N/C(=C\c2ccco2)C(=O)NC2CC3CCC2C3)cc1. The highest BCUT2D eigenvalue weighted by Crippen LogP contribution is 2.44. The van der Waals surface area contributed by atoms with Gasteiger partial charge in [0, 0.05) is 17.7 Å². The summed E-state index contributed by atoms with van der Waals surface area (Å²) in [5.41, 5.74) is 0.623. The largest absolute Gasteiger partial charge is 0.497 e. The predicted octanol–water partition coefficient (Wildman–Crippen LogP) is 3.36. The summed E-state index contributed by atoms with van der Waals surface area (Å²) < 4.78 is 10.4. The van der Waals surface area contributed by atoms with Crippen molar-refractivity contribution in [1.29, 1.82) is 0 Å². The van der Waals surface area contributed by atoms with Crippen molar-refractivity contribution in [3.05, 3.63) is 59.7 Å². The number of rotatable bonds is 6. The minimum atomic E-state index is -0.358. The second-order valence-electron chi connectivity index (χ2n) is 7.51. The Labute approximate surface area is 163 Å². The summed E-state index contributed by atoms with van der Waals surface area (Å²) in [7, 11) is 1.57. The van der Waals surface area contributed by atoms with Gasteiger partial charge < -0.3 is 19.8 Å². The lowest BCUT2D eigenvalue weighted by Gasteiger charge is -2.23. The van der Waals surface area contributed by atoms with Crippen LogP contribution >= 0.6 is 0 Å². The van der Waals surface area contributed by atoms with E-state index in [1.807, 2.05) is 0 Å². The van der Waals surface area contributed by atoms with E-state index in [0.29, 0.717) is 23.0 Å². The molecule has 2 bridgehead atoms. The fourth-order valence-electron chi connectivity index (χ4n) is 4.28. The van der Waals surface area contributed by atoms with Crippen LogP contribution in [0, 0.1) is 11.8 Å². The fraction of sp³-hybridized carbons (Fsp3) is 0.364. The van der Waals surface area contributed by atoms with E-state index in [4.69, 9.17) is 9.15 Å². The predicted molar refractivity (Wildman–Crippen MR) is 105 cm³/mol. The number of carbonyl (C=O) groups is 2. The Bertz CT molecular complexity index is 870. The van der Waals surface area contributed by atoms with E-state index in [-0.39, 0.29) is 23.6 Å². The van der Waals surface area contributed by atoms with Crippen LogP contribution in [0.1, 0.15) is 41.8 Å². The van der Waals surface area contributed by atoms with Crippen molar-refractivity contribution in [3.8, 4) is 5.75 Å². The van der Waals surface area contributed by atoms with Gasteiger partial charge in [-0.3, -0.25) is 9.59 Å². The first-order valence-electron chi connectivity index (χ1n) is 9.64. The van der Waals surface area contributed by atoms with Crippen LogP contribution in [-0.2, 0) is 4.79 Å². The highest BCUT2D eigenvalue weighted by Gasteiger charge is 2.40. The van der Waals surface area contributed by atoms with E-state index < -0.39 is 0 Å². The molecule has 0 radical (unpaired) electrons. The van der Waals surface area contributed by atoms with Crippen LogP contribution in [0.3, 0.4) is 0 Å². The zero-order valence-corrected chi connectivity index (χ0v) is 15.8. The van der Waals surface area contributed by atoms with Gasteiger partial charge in [-0.1, -0.05) is 6.42 Å². The Balaban J connectivity index is 1.50. The molecule has 1 aromatic carbocycles. The number of methoxy groups -OCH3 is 1. The van der Waals surface area contributed by atoms with Crippen LogP contribution in [0.25, 0.3) is 6.08 Å². The van der Waals surface area contributed by atoms with Crippen molar-refractivity contribution in [2.45, 2.75) is 31.7 Å². The monoisotopic (exact) mass is 380 g/mol. The van der Waals surface area contributed by atoms with E-state index >= 15 is 0 Å². The average molecular weight is 380 g/mol. The molecular formula is C22H24N2O4. The highest BCUT2D eigenvalue weighted by molar-refractivity contribution is 6.05. The van der Waals surface area contributed by atoms with E-state index in [2.05, 4.69) is 10.6 Å². The number of fused-ring (bicyclic) bond motifs is 2. The van der Waals surface area contributed by atoms with Gasteiger partial charge in [-0.2, -0.15) is 0 Å². The van der Waals surface area contributed by atoms with E-state index in [0.717, 1.165) is 12.3 Å². The summed E-state index contributed by atoms with van der Waals surface area (Å²) in [6.07, 6.45) is 7.75. The molecule has 2 saturated carbocycles. The van der Waals surface area contributed by atoms with Crippen molar-refractivity contribution >= 4 is 17.9 Å². The Morgan fingerprint density at radius 1 is 1.14 bits per heavy atom. The Kier molecular flexibility index (Phi) is 5.19. The molecule has 4 rings (SSSR count). The standard InChI is InChI=1S/C22H24N2O4/c1-27-17-8-6-15(7-9-17)21(25)24-20(13-18-3-2-10-28-18)22(26)23-19-12-14-4-5-16(19)11-14/h2-3,6-10,13-14,16,19H,4-5,11-12H2,1H3,(H,23,26)(H,24,25)/b20-13-. The third-order valence-corrected chi connectivity index (χ3v) is 5.73. The fourth-order valence-corrected chi connectivity index (χ4v) is 4.28. The molecule has 28 heavy (non-hydrogen) atoms. The lowest BCUT2D eigenvalue weighted by Crippen LogP contribution is -2.42. The lowest BCUT2D eigenvalue weighted by atomic mass is 9.95. The maximum Gasteiger partial charge on any atom is 0.268 e. The summed E-state index contributed by atoms with van der Waals surface area (Å²) in [5.74, 6) is 1.81. The molecule has 2 aliphatic rings. The molecule has 3 atom stereocenters. The van der Waals surface area contributed by atoms with Gasteiger partial charge in [0.15, 0.2) is 0 Å². The number of ether oxygens (including phenoxy) is 1. The molecule has 0 spiro atoms. The van der Waals surface area contributed by atoms with Crippen LogP contribution in [0.15, 0.2) is 52.8 Å². The zero-order chi connectivity index (χ0) is 19.5. The quantitative estimate of drug-likeness (QED) is 0.753. The number of carbonyl (C=O) groups excluding carboxylic acids is 2. The second-order valence-corrected chi connectivity index (χ2v) is 7.51. The van der Waals surface area contributed by atoms with E-state index in [1.54, 1.807) is 49.6 Å². The van der Waals surface area contributed by atoms with Gasteiger partial charge in [0.25, 0.3) is 11.8 Å². The number of benzene rings is 1. The van der Waals surface area contributed by atoms with Crippen molar-refractivity contribution in [3.63, 3.8) is 0 Å². The highest BCUT2D eigenvalue weighted by atomic mass is 16.5. The Hall–Kier alpha value is -3.02. The van der Waals surface area contributed by atoms with Crippen LogP contribution in [0.5, 0.6) is 5.75 Å². The maximum atomic E-state index is 12.9. The zero-order valence-electron chi connectivity index (χ0n) is 15.8. The average Bonchev–Trinajstić information content (AvgIpc) is 3.46. The number of nitrogens with one attached hydrogen (secondary N) is 2. The summed E-state index contributed by atoms with van der Waals surface area (Å²) in [6.45, 7) is 0. The smallest absolute Gasteiger partial charge is 0.268 e. The molecule has 2 aliphatic carbocycles. The topological polar surface area (TPSA) is 80.6 Å². The first kappa shape index (κ1) is 18.3. The summed E-state index contributed by atoms with van der Waals surface area (Å²) >= 11 is 0. The summed E-state index contributed by atoms with van der Waals surface area (Å²) in [6, 6.07) is 10.4. The van der Waals surface area contributed by atoms with Crippen molar-refractivity contribution in [2.75, 3.05) is 7.11 Å². The van der Waals surface area contributed by atoms with Gasteiger partial charge in [0.2, 0.25) is 0 Å². The third kappa shape index (κ3) is 3.96. The van der Waals surface area contributed by atoms with Gasteiger partial charge in [-0.25, -0.2) is 0 Å². The summed E-state index contributed by atoms with van der Waals surface area (Å²) in [5, 5.41) is 5.85. The number of furan rings is 1. The molecule has 2 aromatic rings. The molecule has 1 aromatic heterocycles. The molecule has 6 nitrogen and oxygen atoms in total. The molecule has 1 heterocycles. The van der Waals surface area contributed by atoms with Crippen molar-refractivity contribution in [2.24, 2.45) is 11.8 Å². The van der Waals surface area contributed by atoms with E-state index in [1.165, 1.54) is 25.5 Å². The van der Waals surface area contributed by atoms with Crippen LogP contribution < -0.4 is 15.4 Å². The molecule has 146 valence electrons. The molecule has 2 amide bonds. The number of amides is 2. The Morgan fingerprint density at radius 3 is 2.57 bits per heavy atom. The van der Waals surface area contributed by atoms with Crippen molar-refractivity contribution in [1.82, 2.24) is 10.6 Å². The van der Waals surface area contributed by atoms with Gasteiger partial charge in [0.05, 0.1) is 13.4 Å². The number of hydrogen-bond acceptors (Lipinski definition) is 4. The van der Waals surface area contributed by atoms with Gasteiger partial charge in [0.1, 0.15) is 17.2 Å². The lowest BCUT2D eigenvalue weighted by molar-refractivity contribution is -0.118. The van der Waals surface area contributed by atoms with Gasteiger partial charge in [-0.15, -0.1) is 0 Å². The molecule has 3 unspecified atom stereocenters. The minimum Gasteiger partial charge on any atom is -0.497 e. The molecule has 0 saturated heterocycles. The number of hydrogen-bond donors (Lipinski definition) is 2. The summed E-state index contributed by atoms with van der Waals surface area (Å²) in [4.78, 5) is 25.6. The molecule has 0 aliphatic heterocycles. The minimum absolute atomic E-state index is 0.179. The van der Waals surface area contributed by atoms with Crippen LogP contribution in [-0.4, -0.2) is 25.0 Å². The molecule has 2 fully saturated rings. The van der Waals surface area contributed by atoms with Crippen LogP contribution in [0.2, 0.25) is 0 Å². The second kappa shape index (κ2) is 7.92. The third-order valence-electron chi connectivity index (χ3n) is 5.73. The van der Waals surface area contributed by atoms with Gasteiger partial charge >= 0.3 is 0 Å². The first-order chi connectivity index (χ1) is 13.6. The first-order valence-corrected chi connectivity index (χ1v) is 9.64. The van der Waals surface area contributed by atoms with E-state index in [9.17, 15) is 9.59 Å². The maximum absolute atomic E-state index is 12.9.